The van der Waals surface area contributed by atoms with Crippen molar-refractivity contribution in [3.8, 4) is 0 Å². The third-order valence-electron chi connectivity index (χ3n) is 6.79. The smallest absolute Gasteiger partial charge is 0.245 e. The summed E-state index contributed by atoms with van der Waals surface area (Å²) in [6, 6.07) is 6.45. The molecule has 0 aliphatic carbocycles. The molecule has 172 valence electrons. The van der Waals surface area contributed by atoms with Gasteiger partial charge < -0.3 is 15.0 Å². The number of benzene rings is 1. The highest BCUT2D eigenvalue weighted by Gasteiger charge is 2.27. The second kappa shape index (κ2) is 10.4. The third kappa shape index (κ3) is 5.24. The van der Waals surface area contributed by atoms with Crippen molar-refractivity contribution in [2.24, 2.45) is 5.92 Å². The van der Waals surface area contributed by atoms with Crippen LogP contribution in [-0.2, 0) is 16.1 Å². The van der Waals surface area contributed by atoms with Gasteiger partial charge in [-0.25, -0.2) is 4.68 Å². The number of piperidine rings is 1. The number of aromatic nitrogens is 4. The maximum absolute atomic E-state index is 11.9. The van der Waals surface area contributed by atoms with Crippen LogP contribution in [0.4, 0.5) is 0 Å². The van der Waals surface area contributed by atoms with Crippen LogP contribution < -0.4 is 5.32 Å². The van der Waals surface area contributed by atoms with E-state index in [1.807, 2.05) is 9.58 Å². The topological polar surface area (TPSA) is 85.2 Å². The molecule has 0 spiro atoms. The van der Waals surface area contributed by atoms with E-state index in [0.717, 1.165) is 63.3 Å². The Labute approximate surface area is 190 Å². The second-order valence-electron chi connectivity index (χ2n) is 9.01. The maximum Gasteiger partial charge on any atom is 0.245 e. The van der Waals surface area contributed by atoms with Gasteiger partial charge in [-0.1, -0.05) is 24.8 Å². The molecule has 3 heterocycles. The van der Waals surface area contributed by atoms with Gasteiger partial charge in [-0.15, -0.1) is 5.10 Å². The van der Waals surface area contributed by atoms with Gasteiger partial charge in [0.05, 0.1) is 18.7 Å². The molecule has 8 nitrogen and oxygen atoms in total. The van der Waals surface area contributed by atoms with Crippen molar-refractivity contribution in [2.75, 3.05) is 26.2 Å². The summed E-state index contributed by atoms with van der Waals surface area (Å²) in [7, 11) is 0. The molecule has 2 aromatic rings. The first kappa shape index (κ1) is 22.6. The predicted molar refractivity (Wildman–Crippen MR) is 122 cm³/mol. The van der Waals surface area contributed by atoms with E-state index in [4.69, 9.17) is 4.74 Å². The molecule has 1 aromatic carbocycles. The third-order valence-corrected chi connectivity index (χ3v) is 6.79. The number of hydrogen-bond acceptors (Lipinski definition) is 6. The van der Waals surface area contributed by atoms with Crippen molar-refractivity contribution in [1.29, 1.82) is 0 Å². The number of carbonyl (C=O) groups excluding carboxylic acids is 1. The predicted octanol–water partition coefficient (Wildman–Crippen LogP) is 2.57. The molecule has 2 atom stereocenters. The molecule has 2 saturated heterocycles. The molecule has 8 heteroatoms. The van der Waals surface area contributed by atoms with Crippen LogP contribution in [0.5, 0.6) is 0 Å². The average molecular weight is 439 g/mol. The number of ether oxygens (including phenoxy) is 1. The van der Waals surface area contributed by atoms with Crippen LogP contribution in [0.2, 0.25) is 0 Å². The maximum atomic E-state index is 11.9. The monoisotopic (exact) mass is 438 g/mol. The molecule has 2 fully saturated rings. The average Bonchev–Trinajstić information content (AvgIpc) is 3.49. The molecule has 2 aliphatic rings. The molecule has 0 radical (unpaired) electrons. The van der Waals surface area contributed by atoms with Crippen LogP contribution in [-0.4, -0.2) is 63.4 Å². The number of tetrazole rings is 1. The zero-order valence-corrected chi connectivity index (χ0v) is 19.2. The number of nitrogens with zero attached hydrogens (tertiary/aromatic N) is 5. The molecule has 2 unspecified atom stereocenters. The Bertz CT molecular complexity index is 928. The van der Waals surface area contributed by atoms with Crippen LogP contribution in [0, 0.1) is 19.8 Å². The van der Waals surface area contributed by atoms with E-state index in [1.54, 1.807) is 0 Å². The summed E-state index contributed by atoms with van der Waals surface area (Å²) in [5.74, 6) is 1.35. The Morgan fingerprint density at radius 2 is 2.09 bits per heavy atom. The SMILES string of the molecule is C=CC(=O)N1CCC(CNC(c2ccc(C)c(C)c2)c2nnnn2CC2CCCO2)CC1. The highest BCUT2D eigenvalue weighted by atomic mass is 16.5. The Morgan fingerprint density at radius 1 is 1.28 bits per heavy atom. The van der Waals surface area contributed by atoms with E-state index in [1.165, 1.54) is 17.2 Å². The highest BCUT2D eigenvalue weighted by molar-refractivity contribution is 5.87. The van der Waals surface area contributed by atoms with Gasteiger partial charge in [0, 0.05) is 19.7 Å². The molecule has 1 amide bonds. The van der Waals surface area contributed by atoms with Crippen LogP contribution in [0.25, 0.3) is 0 Å². The number of nitrogens with one attached hydrogen (secondary N) is 1. The van der Waals surface area contributed by atoms with Crippen LogP contribution >= 0.6 is 0 Å². The molecular weight excluding hydrogens is 404 g/mol. The molecule has 32 heavy (non-hydrogen) atoms. The zero-order valence-electron chi connectivity index (χ0n) is 19.2. The Morgan fingerprint density at radius 3 is 2.78 bits per heavy atom. The van der Waals surface area contributed by atoms with Crippen molar-refractivity contribution in [2.45, 2.75) is 58.2 Å². The van der Waals surface area contributed by atoms with E-state index in [9.17, 15) is 4.79 Å². The van der Waals surface area contributed by atoms with Gasteiger partial charge in [-0.2, -0.15) is 0 Å². The lowest BCUT2D eigenvalue weighted by Crippen LogP contribution is -2.41. The minimum Gasteiger partial charge on any atom is -0.376 e. The molecule has 0 bridgehead atoms. The number of hydrogen-bond donors (Lipinski definition) is 1. The fourth-order valence-electron chi connectivity index (χ4n) is 4.60. The largest absolute Gasteiger partial charge is 0.376 e. The zero-order chi connectivity index (χ0) is 22.5. The number of carbonyl (C=O) groups is 1. The van der Waals surface area contributed by atoms with Gasteiger partial charge in [-0.3, -0.25) is 4.79 Å². The quantitative estimate of drug-likeness (QED) is 0.638. The number of aryl methyl sites for hydroxylation is 2. The minimum absolute atomic E-state index is 0.0257. The van der Waals surface area contributed by atoms with E-state index in [-0.39, 0.29) is 18.1 Å². The summed E-state index contributed by atoms with van der Waals surface area (Å²) in [5, 5.41) is 16.4. The van der Waals surface area contributed by atoms with E-state index >= 15 is 0 Å². The van der Waals surface area contributed by atoms with Crippen molar-refractivity contribution in [1.82, 2.24) is 30.4 Å². The fourth-order valence-corrected chi connectivity index (χ4v) is 4.60. The number of likely N-dealkylation sites (tertiary alicyclic amines) is 1. The Kier molecular flexibility index (Phi) is 7.32. The van der Waals surface area contributed by atoms with Crippen molar-refractivity contribution >= 4 is 5.91 Å². The number of rotatable bonds is 8. The van der Waals surface area contributed by atoms with Crippen molar-refractivity contribution in [3.63, 3.8) is 0 Å². The Balaban J connectivity index is 1.49. The fraction of sp³-hybridized carbons (Fsp3) is 0.583. The summed E-state index contributed by atoms with van der Waals surface area (Å²) in [4.78, 5) is 13.8. The normalized spacial score (nSPS) is 20.4. The molecule has 4 rings (SSSR count). The van der Waals surface area contributed by atoms with E-state index in [2.05, 4.69) is 59.5 Å². The van der Waals surface area contributed by atoms with Gasteiger partial charge in [-0.05, 0) is 85.2 Å². The lowest BCUT2D eigenvalue weighted by Gasteiger charge is -2.32. The van der Waals surface area contributed by atoms with Crippen molar-refractivity contribution < 1.29 is 9.53 Å². The Hall–Kier alpha value is -2.58. The summed E-state index contributed by atoms with van der Waals surface area (Å²) in [6.45, 7) is 11.8. The first-order valence-corrected chi connectivity index (χ1v) is 11.6. The molecule has 2 aliphatic heterocycles. The van der Waals surface area contributed by atoms with Crippen LogP contribution in [0.1, 0.15) is 54.2 Å². The summed E-state index contributed by atoms with van der Waals surface area (Å²) >= 11 is 0. The van der Waals surface area contributed by atoms with E-state index < -0.39 is 0 Å². The molecule has 0 saturated carbocycles. The second-order valence-corrected chi connectivity index (χ2v) is 9.01. The first-order chi connectivity index (χ1) is 15.5. The van der Waals surface area contributed by atoms with Gasteiger partial charge in [0.2, 0.25) is 5.91 Å². The van der Waals surface area contributed by atoms with Gasteiger partial charge in [0.15, 0.2) is 5.82 Å². The van der Waals surface area contributed by atoms with Crippen LogP contribution in [0.3, 0.4) is 0 Å². The highest BCUT2D eigenvalue weighted by Crippen LogP contribution is 2.25. The summed E-state index contributed by atoms with van der Waals surface area (Å²) in [6.07, 6.45) is 5.67. The summed E-state index contributed by atoms with van der Waals surface area (Å²) in [5.41, 5.74) is 3.69. The first-order valence-electron chi connectivity index (χ1n) is 11.6. The molecule has 1 aromatic heterocycles. The van der Waals surface area contributed by atoms with Gasteiger partial charge in [0.25, 0.3) is 0 Å². The standard InChI is InChI=1S/C24H34N6O2/c1-4-22(31)29-11-9-19(10-12-29)15-25-23(20-8-7-17(2)18(3)14-20)24-26-27-28-30(24)16-21-6-5-13-32-21/h4,7-8,14,19,21,23,25H,1,5-6,9-13,15-16H2,2-3H3. The van der Waals surface area contributed by atoms with Crippen molar-refractivity contribution in [3.05, 3.63) is 53.4 Å². The summed E-state index contributed by atoms with van der Waals surface area (Å²) < 4.78 is 7.72. The lowest BCUT2D eigenvalue weighted by molar-refractivity contribution is -0.127. The van der Waals surface area contributed by atoms with Gasteiger partial charge >= 0.3 is 0 Å². The van der Waals surface area contributed by atoms with Gasteiger partial charge in [0.1, 0.15) is 0 Å². The van der Waals surface area contributed by atoms with Crippen LogP contribution in [0.15, 0.2) is 30.9 Å². The van der Waals surface area contributed by atoms with E-state index in [0.29, 0.717) is 12.5 Å². The lowest BCUT2D eigenvalue weighted by atomic mass is 9.95. The minimum atomic E-state index is -0.0986. The molecule has 1 N–H and O–H groups in total. The molecular formula is C24H34N6O2. The number of amides is 1.